The number of nitrogens with zero attached hydrogens (tertiary/aromatic N) is 1. The highest BCUT2D eigenvalue weighted by molar-refractivity contribution is 5.98. The van der Waals surface area contributed by atoms with Crippen molar-refractivity contribution in [2.24, 2.45) is 0 Å². The molecule has 1 amide bonds. The lowest BCUT2D eigenvalue weighted by Gasteiger charge is -2.40. The average Bonchev–Trinajstić information content (AvgIpc) is 3.15. The smallest absolute Gasteiger partial charge is 0.270 e. The monoisotopic (exact) mass is 340 g/mol. The van der Waals surface area contributed by atoms with Gasteiger partial charge in [-0.2, -0.15) is 0 Å². The highest BCUT2D eigenvalue weighted by Gasteiger charge is 2.34. The van der Waals surface area contributed by atoms with Crippen molar-refractivity contribution in [2.45, 2.75) is 43.8 Å². The van der Waals surface area contributed by atoms with Crippen LogP contribution in [-0.4, -0.2) is 47.2 Å². The third-order valence-electron chi connectivity index (χ3n) is 5.18. The molecule has 0 bridgehead atoms. The van der Waals surface area contributed by atoms with E-state index < -0.39 is 0 Å². The molecule has 2 heterocycles. The van der Waals surface area contributed by atoms with Crippen LogP contribution in [0.5, 0.6) is 0 Å². The van der Waals surface area contributed by atoms with E-state index in [2.05, 4.69) is 20.6 Å². The zero-order valence-electron chi connectivity index (χ0n) is 14.2. The number of carbonyl (C=O) groups is 1. The number of hydrogen-bond acceptors (Lipinski definition) is 4. The molecule has 132 valence electrons. The van der Waals surface area contributed by atoms with Gasteiger partial charge < -0.3 is 20.4 Å². The van der Waals surface area contributed by atoms with Gasteiger partial charge in [0.15, 0.2) is 0 Å². The lowest BCUT2D eigenvalue weighted by atomic mass is 9.85. The van der Waals surface area contributed by atoms with Crippen molar-refractivity contribution in [2.75, 3.05) is 13.2 Å². The summed E-state index contributed by atoms with van der Waals surface area (Å²) >= 11 is 0. The van der Waals surface area contributed by atoms with Crippen LogP contribution in [0.4, 0.5) is 0 Å². The minimum absolute atomic E-state index is 0.0835. The van der Waals surface area contributed by atoms with Gasteiger partial charge in [-0.1, -0.05) is 30.3 Å². The van der Waals surface area contributed by atoms with Gasteiger partial charge in [-0.3, -0.25) is 4.79 Å². The molecule has 2 fully saturated rings. The van der Waals surface area contributed by atoms with Crippen molar-refractivity contribution in [1.29, 1.82) is 0 Å². The quantitative estimate of drug-likeness (QED) is 0.779. The number of rotatable bonds is 5. The number of carbonyl (C=O) groups excluding carboxylic acids is 1. The van der Waals surface area contributed by atoms with Gasteiger partial charge in [0, 0.05) is 36.9 Å². The predicted molar refractivity (Wildman–Crippen MR) is 95.3 cm³/mol. The fourth-order valence-electron chi connectivity index (χ4n) is 3.56. The Balaban J connectivity index is 1.39. The van der Waals surface area contributed by atoms with Crippen molar-refractivity contribution in [3.63, 3.8) is 0 Å². The number of amides is 1. The topological polar surface area (TPSA) is 79.0 Å². The molecule has 1 saturated heterocycles. The molecule has 3 N–H and O–H groups in total. The molecule has 6 heteroatoms. The van der Waals surface area contributed by atoms with Crippen LogP contribution in [0, 0.1) is 0 Å². The molecular weight excluding hydrogens is 316 g/mol. The molecule has 1 aliphatic heterocycles. The number of benzene rings is 1. The third kappa shape index (κ3) is 3.60. The maximum absolute atomic E-state index is 12.7. The van der Waals surface area contributed by atoms with E-state index in [1.165, 1.54) is 0 Å². The number of imidazole rings is 1. The van der Waals surface area contributed by atoms with Gasteiger partial charge in [0.1, 0.15) is 11.4 Å². The molecular formula is C19H24N4O2. The van der Waals surface area contributed by atoms with Crippen molar-refractivity contribution in [1.82, 2.24) is 20.6 Å². The van der Waals surface area contributed by atoms with Crippen LogP contribution >= 0.6 is 0 Å². The summed E-state index contributed by atoms with van der Waals surface area (Å²) in [5.74, 6) is -0.0835. The van der Waals surface area contributed by atoms with Crippen LogP contribution in [0.25, 0.3) is 11.3 Å². The first-order valence-corrected chi connectivity index (χ1v) is 9.04. The first-order chi connectivity index (χ1) is 12.3. The predicted octanol–water partition coefficient (Wildman–Crippen LogP) is 2.11. The third-order valence-corrected chi connectivity index (χ3v) is 5.18. The molecule has 1 aliphatic carbocycles. The Morgan fingerprint density at radius 3 is 2.56 bits per heavy atom. The van der Waals surface area contributed by atoms with Crippen LogP contribution in [0.1, 0.15) is 36.2 Å². The molecule has 6 nitrogen and oxygen atoms in total. The zero-order valence-corrected chi connectivity index (χ0v) is 14.2. The fourth-order valence-corrected chi connectivity index (χ4v) is 3.56. The van der Waals surface area contributed by atoms with Gasteiger partial charge in [0.25, 0.3) is 5.91 Å². The fraction of sp³-hybridized carbons (Fsp3) is 0.474. The van der Waals surface area contributed by atoms with Crippen LogP contribution in [-0.2, 0) is 4.74 Å². The summed E-state index contributed by atoms with van der Waals surface area (Å²) < 4.78 is 5.41. The molecule has 1 aromatic carbocycles. The van der Waals surface area contributed by atoms with Gasteiger partial charge in [-0.05, 0) is 25.7 Å². The molecule has 25 heavy (non-hydrogen) atoms. The van der Waals surface area contributed by atoms with Crippen molar-refractivity contribution >= 4 is 5.91 Å². The second-order valence-corrected chi connectivity index (χ2v) is 6.81. The summed E-state index contributed by atoms with van der Waals surface area (Å²) in [6, 6.07) is 10.8. The van der Waals surface area contributed by atoms with Gasteiger partial charge in [-0.25, -0.2) is 4.98 Å². The number of H-pyrrole nitrogens is 1. The largest absolute Gasteiger partial charge is 0.381 e. The van der Waals surface area contributed by atoms with Crippen LogP contribution < -0.4 is 10.6 Å². The molecule has 1 saturated carbocycles. The molecule has 1 aromatic heterocycles. The van der Waals surface area contributed by atoms with E-state index in [1.54, 1.807) is 6.33 Å². The first kappa shape index (κ1) is 16.3. The van der Waals surface area contributed by atoms with E-state index in [0.29, 0.717) is 23.5 Å². The van der Waals surface area contributed by atoms with Gasteiger partial charge in [-0.15, -0.1) is 0 Å². The van der Waals surface area contributed by atoms with Crippen LogP contribution in [0.3, 0.4) is 0 Å². The van der Waals surface area contributed by atoms with Crippen molar-refractivity contribution in [3.8, 4) is 11.3 Å². The molecule has 0 unspecified atom stereocenters. The Hall–Kier alpha value is -2.18. The number of hydrogen-bond donors (Lipinski definition) is 3. The van der Waals surface area contributed by atoms with E-state index in [0.717, 1.165) is 44.5 Å². The van der Waals surface area contributed by atoms with Crippen molar-refractivity contribution in [3.05, 3.63) is 42.4 Å². The minimum Gasteiger partial charge on any atom is -0.381 e. The Labute approximate surface area is 147 Å². The average molecular weight is 340 g/mol. The number of ether oxygens (including phenoxy) is 1. The van der Waals surface area contributed by atoms with E-state index in [9.17, 15) is 4.79 Å². The highest BCUT2D eigenvalue weighted by Crippen LogP contribution is 2.24. The maximum Gasteiger partial charge on any atom is 0.270 e. The van der Waals surface area contributed by atoms with Crippen LogP contribution in [0.15, 0.2) is 36.7 Å². The molecule has 0 radical (unpaired) electrons. The summed E-state index contributed by atoms with van der Waals surface area (Å²) in [7, 11) is 0. The van der Waals surface area contributed by atoms with Crippen LogP contribution in [0.2, 0.25) is 0 Å². The normalized spacial score (nSPS) is 23.8. The molecule has 0 spiro atoms. The SMILES string of the molecule is O=C(N[C@H]1CC[C@H]1NC1CCOCC1)c1[nH]cnc1-c1ccccc1. The number of aromatic amines is 1. The Bertz CT molecular complexity index is 709. The Kier molecular flexibility index (Phi) is 4.81. The number of nitrogens with one attached hydrogen (secondary N) is 3. The van der Waals surface area contributed by atoms with E-state index in [-0.39, 0.29) is 11.9 Å². The molecule has 2 atom stereocenters. The second kappa shape index (κ2) is 7.37. The van der Waals surface area contributed by atoms with Crippen molar-refractivity contribution < 1.29 is 9.53 Å². The summed E-state index contributed by atoms with van der Waals surface area (Å²) in [6.07, 6.45) is 5.81. The summed E-state index contributed by atoms with van der Waals surface area (Å²) in [6.45, 7) is 1.66. The lowest BCUT2D eigenvalue weighted by Crippen LogP contribution is -2.59. The van der Waals surface area contributed by atoms with Gasteiger partial charge in [0.2, 0.25) is 0 Å². The lowest BCUT2D eigenvalue weighted by molar-refractivity contribution is 0.0652. The first-order valence-electron chi connectivity index (χ1n) is 9.04. The second-order valence-electron chi connectivity index (χ2n) is 6.81. The summed E-state index contributed by atoms with van der Waals surface area (Å²) in [5, 5.41) is 6.85. The Morgan fingerprint density at radius 1 is 1.08 bits per heavy atom. The van der Waals surface area contributed by atoms with E-state index in [4.69, 9.17) is 4.74 Å². The molecule has 2 aliphatic rings. The maximum atomic E-state index is 12.7. The summed E-state index contributed by atoms with van der Waals surface area (Å²) in [5.41, 5.74) is 2.17. The number of aromatic nitrogens is 2. The molecule has 2 aromatic rings. The standard InChI is InChI=1S/C19H24N4O2/c24-19(18-17(20-12-21-18)13-4-2-1-3-5-13)23-16-7-6-15(16)22-14-8-10-25-11-9-14/h1-5,12,14-16,22H,6-11H2,(H,20,21)(H,23,24)/t15-,16+/m1/s1. The minimum atomic E-state index is -0.0835. The Morgan fingerprint density at radius 2 is 1.84 bits per heavy atom. The highest BCUT2D eigenvalue weighted by atomic mass is 16.5. The molecule has 4 rings (SSSR count). The van der Waals surface area contributed by atoms with E-state index in [1.807, 2.05) is 30.3 Å². The van der Waals surface area contributed by atoms with Gasteiger partial charge >= 0.3 is 0 Å². The van der Waals surface area contributed by atoms with E-state index >= 15 is 0 Å². The zero-order chi connectivity index (χ0) is 17.1. The summed E-state index contributed by atoms with van der Waals surface area (Å²) in [4.78, 5) is 20.0. The van der Waals surface area contributed by atoms with Gasteiger partial charge in [0.05, 0.1) is 6.33 Å².